The van der Waals surface area contributed by atoms with E-state index in [0.717, 1.165) is 11.8 Å². The highest BCUT2D eigenvalue weighted by Crippen LogP contribution is 2.42. The summed E-state index contributed by atoms with van der Waals surface area (Å²) in [6.45, 7) is 1.98. The standard InChI is InChI=1S/C19H14OS/c1-12(11-20)16-10-13-6-2-3-7-14(13)19-18(16)15-8-4-5-9-17(15)21-19/h2-12H,1H3. The van der Waals surface area contributed by atoms with Gasteiger partial charge in [0, 0.05) is 26.1 Å². The fourth-order valence-corrected chi connectivity index (χ4v) is 4.30. The van der Waals surface area contributed by atoms with Crippen LogP contribution in [0.15, 0.2) is 54.6 Å². The summed E-state index contributed by atoms with van der Waals surface area (Å²) in [5.41, 5.74) is 1.14. The van der Waals surface area contributed by atoms with Crippen molar-refractivity contribution in [2.75, 3.05) is 0 Å². The third-order valence-electron chi connectivity index (χ3n) is 4.10. The molecule has 0 saturated heterocycles. The summed E-state index contributed by atoms with van der Waals surface area (Å²) in [5, 5.41) is 4.98. The van der Waals surface area contributed by atoms with Crippen molar-refractivity contribution < 1.29 is 4.79 Å². The van der Waals surface area contributed by atoms with Crippen molar-refractivity contribution in [3.05, 3.63) is 60.2 Å². The Morgan fingerprint density at radius 2 is 1.71 bits per heavy atom. The van der Waals surface area contributed by atoms with Crippen LogP contribution in [0.3, 0.4) is 0 Å². The van der Waals surface area contributed by atoms with Crippen LogP contribution in [0.1, 0.15) is 18.4 Å². The van der Waals surface area contributed by atoms with Crippen molar-refractivity contribution in [3.8, 4) is 0 Å². The molecule has 1 aromatic heterocycles. The zero-order valence-corrected chi connectivity index (χ0v) is 12.5. The molecule has 1 heterocycles. The second kappa shape index (κ2) is 4.68. The third kappa shape index (κ3) is 1.79. The summed E-state index contributed by atoms with van der Waals surface area (Å²) >= 11 is 1.82. The first-order valence-corrected chi connectivity index (χ1v) is 7.89. The average Bonchev–Trinajstić information content (AvgIpc) is 2.93. The summed E-state index contributed by atoms with van der Waals surface area (Å²) in [6, 6.07) is 19.1. The van der Waals surface area contributed by atoms with Crippen molar-refractivity contribution in [2.45, 2.75) is 12.8 Å². The summed E-state index contributed by atoms with van der Waals surface area (Å²) in [7, 11) is 0. The molecular formula is C19H14OS. The van der Waals surface area contributed by atoms with Crippen molar-refractivity contribution in [2.24, 2.45) is 0 Å². The zero-order valence-electron chi connectivity index (χ0n) is 11.7. The van der Waals surface area contributed by atoms with E-state index in [-0.39, 0.29) is 5.92 Å². The number of carbonyl (C=O) groups is 1. The molecule has 1 nitrogen and oxygen atoms in total. The largest absolute Gasteiger partial charge is 0.303 e. The number of hydrogen-bond donors (Lipinski definition) is 0. The number of carbonyl (C=O) groups excluding carboxylic acids is 1. The van der Waals surface area contributed by atoms with Gasteiger partial charge in [-0.1, -0.05) is 49.4 Å². The normalized spacial score (nSPS) is 13.0. The molecule has 21 heavy (non-hydrogen) atoms. The van der Waals surface area contributed by atoms with E-state index in [1.54, 1.807) is 0 Å². The van der Waals surface area contributed by atoms with Gasteiger partial charge in [-0.25, -0.2) is 0 Å². The number of rotatable bonds is 2. The molecule has 0 aliphatic heterocycles. The molecule has 2 heteroatoms. The SMILES string of the molecule is CC(C=O)c1cc2ccccc2c2sc3ccccc3c12. The molecule has 1 atom stereocenters. The smallest absolute Gasteiger partial charge is 0.127 e. The molecule has 1 unspecified atom stereocenters. The van der Waals surface area contributed by atoms with Gasteiger partial charge < -0.3 is 4.79 Å². The lowest BCUT2D eigenvalue weighted by Gasteiger charge is -2.10. The van der Waals surface area contributed by atoms with E-state index in [0.29, 0.717) is 0 Å². The predicted octanol–water partition coefficient (Wildman–Crippen LogP) is 5.51. The Morgan fingerprint density at radius 3 is 2.52 bits per heavy atom. The van der Waals surface area contributed by atoms with Gasteiger partial charge in [0.1, 0.15) is 6.29 Å². The second-order valence-electron chi connectivity index (χ2n) is 5.41. The molecule has 0 fully saturated rings. The maximum atomic E-state index is 11.3. The molecule has 0 aliphatic carbocycles. The van der Waals surface area contributed by atoms with Crippen molar-refractivity contribution in [1.29, 1.82) is 0 Å². The lowest BCUT2D eigenvalue weighted by molar-refractivity contribution is -0.108. The molecule has 3 aromatic carbocycles. The van der Waals surface area contributed by atoms with E-state index in [9.17, 15) is 4.79 Å². The molecule has 0 saturated carbocycles. The molecule has 4 rings (SSSR count). The summed E-state index contributed by atoms with van der Waals surface area (Å²) in [5.74, 6) is -0.0879. The summed E-state index contributed by atoms with van der Waals surface area (Å²) in [6.07, 6.45) is 1.04. The molecule has 0 bridgehead atoms. The summed E-state index contributed by atoms with van der Waals surface area (Å²) < 4.78 is 2.57. The Bertz CT molecular complexity index is 981. The Labute approximate surface area is 126 Å². The minimum Gasteiger partial charge on any atom is -0.303 e. The van der Waals surface area contributed by atoms with E-state index in [2.05, 4.69) is 54.6 Å². The highest BCUT2D eigenvalue weighted by Gasteiger charge is 2.16. The molecule has 0 amide bonds. The highest BCUT2D eigenvalue weighted by molar-refractivity contribution is 7.26. The lowest BCUT2D eigenvalue weighted by atomic mass is 9.93. The van der Waals surface area contributed by atoms with E-state index in [1.807, 2.05) is 18.3 Å². The quantitative estimate of drug-likeness (QED) is 0.445. The van der Waals surface area contributed by atoms with Crippen LogP contribution in [0.4, 0.5) is 0 Å². The van der Waals surface area contributed by atoms with Crippen LogP contribution in [-0.4, -0.2) is 6.29 Å². The molecular weight excluding hydrogens is 276 g/mol. The Balaban J connectivity index is 2.30. The van der Waals surface area contributed by atoms with Gasteiger partial charge in [-0.3, -0.25) is 0 Å². The minimum absolute atomic E-state index is 0.0879. The van der Waals surface area contributed by atoms with Crippen LogP contribution in [-0.2, 0) is 4.79 Å². The number of hydrogen-bond acceptors (Lipinski definition) is 2. The minimum atomic E-state index is -0.0879. The van der Waals surface area contributed by atoms with Crippen molar-refractivity contribution >= 4 is 48.6 Å². The predicted molar refractivity (Wildman–Crippen MR) is 91.3 cm³/mol. The molecule has 0 radical (unpaired) electrons. The van der Waals surface area contributed by atoms with Crippen LogP contribution < -0.4 is 0 Å². The van der Waals surface area contributed by atoms with E-state index >= 15 is 0 Å². The summed E-state index contributed by atoms with van der Waals surface area (Å²) in [4.78, 5) is 11.3. The lowest BCUT2D eigenvalue weighted by Crippen LogP contribution is -1.95. The van der Waals surface area contributed by atoms with Crippen molar-refractivity contribution in [3.63, 3.8) is 0 Å². The zero-order chi connectivity index (χ0) is 14.4. The fraction of sp³-hybridized carbons (Fsp3) is 0.105. The molecule has 4 aromatic rings. The molecule has 0 N–H and O–H groups in total. The number of aldehydes is 1. The third-order valence-corrected chi connectivity index (χ3v) is 5.30. The monoisotopic (exact) mass is 290 g/mol. The molecule has 0 aliphatic rings. The van der Waals surface area contributed by atoms with Gasteiger partial charge in [0.15, 0.2) is 0 Å². The number of benzene rings is 3. The maximum Gasteiger partial charge on any atom is 0.127 e. The van der Waals surface area contributed by atoms with E-state index in [1.165, 1.54) is 30.9 Å². The first kappa shape index (κ1) is 12.5. The molecule has 0 spiro atoms. The van der Waals surface area contributed by atoms with E-state index < -0.39 is 0 Å². The van der Waals surface area contributed by atoms with Gasteiger partial charge in [-0.15, -0.1) is 11.3 Å². The van der Waals surface area contributed by atoms with Crippen LogP contribution in [0.5, 0.6) is 0 Å². The average molecular weight is 290 g/mol. The van der Waals surface area contributed by atoms with Crippen molar-refractivity contribution in [1.82, 2.24) is 0 Å². The topological polar surface area (TPSA) is 17.1 Å². The Kier molecular flexibility index (Phi) is 2.79. The number of thiophene rings is 1. The Hall–Kier alpha value is -2.19. The van der Waals surface area contributed by atoms with Gasteiger partial charge in [-0.05, 0) is 28.5 Å². The van der Waals surface area contributed by atoms with Gasteiger partial charge in [-0.2, -0.15) is 0 Å². The first-order chi connectivity index (χ1) is 10.3. The van der Waals surface area contributed by atoms with Crippen LogP contribution in [0.25, 0.3) is 30.9 Å². The Morgan fingerprint density at radius 1 is 1.00 bits per heavy atom. The highest BCUT2D eigenvalue weighted by atomic mass is 32.1. The van der Waals surface area contributed by atoms with Gasteiger partial charge in [0.25, 0.3) is 0 Å². The van der Waals surface area contributed by atoms with E-state index in [4.69, 9.17) is 0 Å². The first-order valence-electron chi connectivity index (χ1n) is 7.08. The van der Waals surface area contributed by atoms with Crippen LogP contribution >= 0.6 is 11.3 Å². The fourth-order valence-electron chi connectivity index (χ4n) is 3.02. The molecule has 102 valence electrons. The number of fused-ring (bicyclic) bond motifs is 5. The maximum absolute atomic E-state index is 11.3. The van der Waals surface area contributed by atoms with Crippen LogP contribution in [0.2, 0.25) is 0 Å². The van der Waals surface area contributed by atoms with Gasteiger partial charge in [0.2, 0.25) is 0 Å². The van der Waals surface area contributed by atoms with Gasteiger partial charge >= 0.3 is 0 Å². The van der Waals surface area contributed by atoms with Gasteiger partial charge in [0.05, 0.1) is 0 Å². The second-order valence-corrected chi connectivity index (χ2v) is 6.47. The van der Waals surface area contributed by atoms with Crippen LogP contribution in [0, 0.1) is 0 Å².